The summed E-state index contributed by atoms with van der Waals surface area (Å²) in [7, 11) is 0. The number of thiazole rings is 1. The van der Waals surface area contributed by atoms with E-state index < -0.39 is 0 Å². The van der Waals surface area contributed by atoms with Gasteiger partial charge in [0.25, 0.3) is 0 Å². The van der Waals surface area contributed by atoms with Crippen molar-refractivity contribution in [2.24, 2.45) is 11.8 Å². The van der Waals surface area contributed by atoms with Crippen LogP contribution < -0.4 is 4.90 Å². The Bertz CT molecular complexity index is 1010. The summed E-state index contributed by atoms with van der Waals surface area (Å²) in [5.41, 5.74) is 1.82. The number of carbonyl (C=O) groups excluding carboxylic acids is 1. The number of fused-ring (bicyclic) bond motifs is 1. The van der Waals surface area contributed by atoms with Crippen LogP contribution in [0.3, 0.4) is 0 Å². The molecule has 3 aromatic rings. The lowest BCUT2D eigenvalue weighted by atomic mass is 9.89. The molecule has 0 unspecified atom stereocenters. The zero-order valence-corrected chi connectivity index (χ0v) is 17.1. The average molecular weight is 410 g/mol. The lowest BCUT2D eigenvalue weighted by Gasteiger charge is -2.42. The summed E-state index contributed by atoms with van der Waals surface area (Å²) in [6.07, 6.45) is 3.26. The largest absolute Gasteiger partial charge is 0.346 e. The second kappa shape index (κ2) is 7.75. The van der Waals surface area contributed by atoms with Crippen LogP contribution in [-0.2, 0) is 11.2 Å². The van der Waals surface area contributed by atoms with Crippen molar-refractivity contribution in [2.45, 2.75) is 19.3 Å². The van der Waals surface area contributed by atoms with E-state index in [-0.39, 0.29) is 17.6 Å². The van der Waals surface area contributed by atoms with E-state index in [1.807, 2.05) is 11.0 Å². The molecule has 0 atom stereocenters. The van der Waals surface area contributed by atoms with Crippen LogP contribution >= 0.6 is 11.3 Å². The minimum absolute atomic E-state index is 0.0394. The molecule has 0 radical (unpaired) electrons. The maximum absolute atomic E-state index is 13.9. The van der Waals surface area contributed by atoms with Gasteiger partial charge in [-0.2, -0.15) is 0 Å². The minimum atomic E-state index is -0.281. The van der Waals surface area contributed by atoms with Gasteiger partial charge < -0.3 is 9.80 Å². The zero-order chi connectivity index (χ0) is 19.8. The fourth-order valence-corrected chi connectivity index (χ4v) is 5.39. The second-order valence-corrected chi connectivity index (χ2v) is 9.15. The molecule has 2 aliphatic heterocycles. The molecule has 29 heavy (non-hydrogen) atoms. The van der Waals surface area contributed by atoms with Gasteiger partial charge in [-0.1, -0.05) is 47.7 Å². The lowest BCUT2D eigenvalue weighted by Crippen LogP contribution is -2.55. The Morgan fingerprint density at radius 2 is 1.83 bits per heavy atom. The van der Waals surface area contributed by atoms with Crippen molar-refractivity contribution in [1.82, 2.24) is 9.88 Å². The first-order valence-electron chi connectivity index (χ1n) is 10.3. The molecule has 4 nitrogen and oxygen atoms in total. The second-order valence-electron chi connectivity index (χ2n) is 8.14. The zero-order valence-electron chi connectivity index (χ0n) is 16.3. The van der Waals surface area contributed by atoms with E-state index in [1.54, 1.807) is 6.07 Å². The molecule has 0 aliphatic carbocycles. The third-order valence-corrected chi connectivity index (χ3v) is 7.23. The van der Waals surface area contributed by atoms with Crippen LogP contribution in [0.5, 0.6) is 0 Å². The number of carbonyl (C=O) groups is 1. The lowest BCUT2D eigenvalue weighted by molar-refractivity contribution is -0.137. The third kappa shape index (κ3) is 3.73. The number of piperidine rings is 1. The molecule has 5 rings (SSSR count). The normalized spacial score (nSPS) is 18.2. The Morgan fingerprint density at radius 3 is 2.55 bits per heavy atom. The minimum Gasteiger partial charge on any atom is -0.346 e. The number of hydrogen-bond donors (Lipinski definition) is 0. The van der Waals surface area contributed by atoms with Gasteiger partial charge in [-0.25, -0.2) is 9.37 Å². The highest BCUT2D eigenvalue weighted by Crippen LogP contribution is 2.34. The summed E-state index contributed by atoms with van der Waals surface area (Å²) in [6.45, 7) is 3.09. The van der Waals surface area contributed by atoms with Crippen molar-refractivity contribution >= 4 is 32.6 Å². The van der Waals surface area contributed by atoms with E-state index in [9.17, 15) is 9.18 Å². The van der Waals surface area contributed by atoms with E-state index in [0.717, 1.165) is 42.2 Å². The van der Waals surface area contributed by atoms with Crippen LogP contribution in [0, 0.1) is 17.7 Å². The monoisotopic (exact) mass is 409 g/mol. The number of nitrogens with zero attached hydrogens (tertiary/aromatic N) is 3. The fourth-order valence-electron chi connectivity index (χ4n) is 4.39. The van der Waals surface area contributed by atoms with Crippen molar-refractivity contribution in [3.63, 3.8) is 0 Å². The third-order valence-electron chi connectivity index (χ3n) is 6.15. The summed E-state index contributed by atoms with van der Waals surface area (Å²) < 4.78 is 14.7. The average Bonchev–Trinajstić information content (AvgIpc) is 3.13. The summed E-state index contributed by atoms with van der Waals surface area (Å²) in [4.78, 5) is 21.4. The van der Waals surface area contributed by atoms with Gasteiger partial charge in [0.15, 0.2) is 5.13 Å². The van der Waals surface area contributed by atoms with Gasteiger partial charge in [-0.05, 0) is 42.9 Å². The molecule has 2 fully saturated rings. The molecule has 150 valence electrons. The number of aromatic nitrogens is 1. The summed E-state index contributed by atoms with van der Waals surface area (Å²) in [6, 6.07) is 15.7. The molecule has 2 aromatic carbocycles. The smallest absolute Gasteiger partial charge is 0.229 e. The van der Waals surface area contributed by atoms with Gasteiger partial charge in [-0.15, -0.1) is 0 Å². The number of halogens is 1. The highest BCUT2D eigenvalue weighted by atomic mass is 32.1. The van der Waals surface area contributed by atoms with Gasteiger partial charge in [0, 0.05) is 26.2 Å². The molecule has 6 heteroatoms. The Labute approximate surface area is 174 Å². The van der Waals surface area contributed by atoms with E-state index in [1.165, 1.54) is 23.0 Å². The first-order valence-corrected chi connectivity index (χ1v) is 11.1. The molecular formula is C23H24FN3OS. The van der Waals surface area contributed by atoms with Gasteiger partial charge in [0.1, 0.15) is 11.3 Å². The number of hydrogen-bond acceptors (Lipinski definition) is 4. The maximum atomic E-state index is 13.9. The number of likely N-dealkylation sites (tertiary alicyclic amines) is 1. The fraction of sp³-hybridized carbons (Fsp3) is 0.391. The van der Waals surface area contributed by atoms with Crippen molar-refractivity contribution in [3.8, 4) is 0 Å². The van der Waals surface area contributed by atoms with E-state index in [2.05, 4.69) is 40.2 Å². The first-order chi connectivity index (χ1) is 14.2. The number of benzene rings is 2. The molecule has 1 aromatic heterocycles. The summed E-state index contributed by atoms with van der Waals surface area (Å²) in [5.74, 6) is 0.692. The molecule has 0 spiro atoms. The maximum Gasteiger partial charge on any atom is 0.229 e. The first kappa shape index (κ1) is 18.6. The van der Waals surface area contributed by atoms with Crippen molar-refractivity contribution < 1.29 is 9.18 Å². The number of para-hydroxylation sites is 1. The molecule has 1 amide bonds. The molecule has 2 aliphatic rings. The van der Waals surface area contributed by atoms with E-state index in [4.69, 9.17) is 0 Å². The van der Waals surface area contributed by atoms with Crippen LogP contribution in [0.2, 0.25) is 0 Å². The predicted molar refractivity (Wildman–Crippen MR) is 115 cm³/mol. The Hall–Kier alpha value is -2.47. The van der Waals surface area contributed by atoms with Crippen LogP contribution in [0.1, 0.15) is 18.4 Å². The van der Waals surface area contributed by atoms with Crippen LogP contribution in [0.25, 0.3) is 10.2 Å². The van der Waals surface area contributed by atoms with Crippen molar-refractivity contribution in [3.05, 3.63) is 59.9 Å². The van der Waals surface area contributed by atoms with E-state index in [0.29, 0.717) is 24.5 Å². The van der Waals surface area contributed by atoms with Gasteiger partial charge in [0.2, 0.25) is 5.91 Å². The SMILES string of the molecule is O=C(C1CN(c2nc3c(F)cccc3s2)C1)N1CCC(Cc2ccccc2)CC1. The highest BCUT2D eigenvalue weighted by Gasteiger charge is 2.37. The molecule has 2 saturated heterocycles. The van der Waals surface area contributed by atoms with Gasteiger partial charge >= 0.3 is 0 Å². The summed E-state index contributed by atoms with van der Waals surface area (Å²) in [5, 5.41) is 0.815. The molecule has 0 saturated carbocycles. The number of anilines is 1. The van der Waals surface area contributed by atoms with Crippen molar-refractivity contribution in [1.29, 1.82) is 0 Å². The Balaban J connectivity index is 1.13. The topological polar surface area (TPSA) is 36.4 Å². The Morgan fingerprint density at radius 1 is 1.07 bits per heavy atom. The van der Waals surface area contributed by atoms with Gasteiger partial charge in [0.05, 0.1) is 10.6 Å². The Kier molecular flexibility index (Phi) is 4.96. The van der Waals surface area contributed by atoms with Crippen LogP contribution in [0.4, 0.5) is 9.52 Å². The molecule has 0 N–H and O–H groups in total. The standard InChI is InChI=1S/C23H24FN3OS/c24-19-7-4-8-20-21(19)25-23(29-20)27-14-18(15-27)22(28)26-11-9-17(10-12-26)13-16-5-2-1-3-6-16/h1-8,17-18H,9-15H2. The highest BCUT2D eigenvalue weighted by molar-refractivity contribution is 7.22. The van der Waals surface area contributed by atoms with Crippen LogP contribution in [-0.4, -0.2) is 42.0 Å². The van der Waals surface area contributed by atoms with Gasteiger partial charge in [-0.3, -0.25) is 4.79 Å². The van der Waals surface area contributed by atoms with E-state index >= 15 is 0 Å². The molecular weight excluding hydrogens is 385 g/mol. The quantitative estimate of drug-likeness (QED) is 0.643. The number of rotatable bonds is 4. The number of amides is 1. The van der Waals surface area contributed by atoms with Crippen LogP contribution in [0.15, 0.2) is 48.5 Å². The molecule has 0 bridgehead atoms. The van der Waals surface area contributed by atoms with Crippen molar-refractivity contribution in [2.75, 3.05) is 31.1 Å². The summed E-state index contributed by atoms with van der Waals surface area (Å²) >= 11 is 1.50. The predicted octanol–water partition coefficient (Wildman–Crippen LogP) is 4.35. The molecule has 3 heterocycles.